The van der Waals surface area contributed by atoms with Crippen molar-refractivity contribution < 1.29 is 9.53 Å². The van der Waals surface area contributed by atoms with E-state index in [0.717, 1.165) is 25.8 Å². The highest BCUT2D eigenvalue weighted by atomic mass is 16.6. The summed E-state index contributed by atoms with van der Waals surface area (Å²) in [5.41, 5.74) is -0.185. The van der Waals surface area contributed by atoms with Crippen LogP contribution in [-0.4, -0.2) is 29.8 Å². The zero-order valence-electron chi connectivity index (χ0n) is 19.2. The minimum Gasteiger partial charge on any atom is -0.444 e. The van der Waals surface area contributed by atoms with E-state index in [-0.39, 0.29) is 33.9 Å². The van der Waals surface area contributed by atoms with Crippen molar-refractivity contribution in [3.63, 3.8) is 0 Å². The fourth-order valence-corrected chi connectivity index (χ4v) is 4.75. The number of hydrogen-bond donors (Lipinski definition) is 2. The van der Waals surface area contributed by atoms with E-state index in [1.54, 1.807) is 0 Å². The number of hydrogen-bond acceptors (Lipinski definition) is 3. The Labute approximate surface area is 162 Å². The third-order valence-corrected chi connectivity index (χ3v) is 5.29. The van der Waals surface area contributed by atoms with Crippen LogP contribution < -0.4 is 10.6 Å². The second kappa shape index (κ2) is 7.33. The van der Waals surface area contributed by atoms with Crippen LogP contribution in [0, 0.1) is 16.2 Å². The largest absolute Gasteiger partial charge is 0.444 e. The summed E-state index contributed by atoms with van der Waals surface area (Å²) in [6, 6.07) is 0.0699. The maximum atomic E-state index is 12.5. The van der Waals surface area contributed by atoms with Gasteiger partial charge < -0.3 is 15.4 Å². The van der Waals surface area contributed by atoms with Gasteiger partial charge in [-0.2, -0.15) is 0 Å². The highest BCUT2D eigenvalue weighted by Crippen LogP contribution is 2.43. The highest BCUT2D eigenvalue weighted by molar-refractivity contribution is 5.68. The average molecular weight is 369 g/mol. The van der Waals surface area contributed by atoms with E-state index >= 15 is 0 Å². The molecule has 0 saturated carbocycles. The maximum Gasteiger partial charge on any atom is 0.407 e. The minimum atomic E-state index is -0.481. The van der Waals surface area contributed by atoms with Crippen molar-refractivity contribution in [2.24, 2.45) is 16.2 Å². The van der Waals surface area contributed by atoms with E-state index in [4.69, 9.17) is 4.74 Å². The van der Waals surface area contributed by atoms with Gasteiger partial charge in [0.2, 0.25) is 0 Å². The lowest BCUT2D eigenvalue weighted by molar-refractivity contribution is 0.0317. The molecule has 26 heavy (non-hydrogen) atoms. The van der Waals surface area contributed by atoms with E-state index in [2.05, 4.69) is 66.0 Å². The molecule has 1 unspecified atom stereocenters. The summed E-state index contributed by atoms with van der Waals surface area (Å²) in [5.74, 6) is 0. The smallest absolute Gasteiger partial charge is 0.407 e. The van der Waals surface area contributed by atoms with Gasteiger partial charge in [0, 0.05) is 18.1 Å². The summed E-state index contributed by atoms with van der Waals surface area (Å²) < 4.78 is 5.56. The molecule has 0 aliphatic carbocycles. The normalized spacial score (nSPS) is 28.0. The first-order chi connectivity index (χ1) is 11.3. The van der Waals surface area contributed by atoms with Gasteiger partial charge in [-0.25, -0.2) is 4.79 Å². The number of carbonyl (C=O) groups is 1. The quantitative estimate of drug-likeness (QED) is 0.641. The molecule has 154 valence electrons. The summed E-state index contributed by atoms with van der Waals surface area (Å²) in [4.78, 5) is 12.5. The van der Waals surface area contributed by atoms with Crippen molar-refractivity contribution in [3.8, 4) is 0 Å². The second-order valence-electron chi connectivity index (χ2n) is 12.3. The Morgan fingerprint density at radius 3 is 2.00 bits per heavy atom. The molecular weight excluding hydrogens is 324 g/mol. The molecule has 1 aliphatic heterocycles. The predicted octanol–water partition coefficient (Wildman–Crippen LogP) is 5.51. The van der Waals surface area contributed by atoms with Crippen LogP contribution in [0.15, 0.2) is 0 Å². The van der Waals surface area contributed by atoms with Crippen LogP contribution in [-0.2, 0) is 4.74 Å². The summed E-state index contributed by atoms with van der Waals surface area (Å²) >= 11 is 0. The third kappa shape index (κ3) is 7.85. The topological polar surface area (TPSA) is 50.4 Å². The number of carbonyl (C=O) groups excluding carboxylic acids is 1. The molecule has 1 fully saturated rings. The first-order valence-corrected chi connectivity index (χ1v) is 10.1. The molecule has 1 rings (SSSR count). The highest BCUT2D eigenvalue weighted by Gasteiger charge is 2.42. The molecule has 0 radical (unpaired) electrons. The fourth-order valence-electron chi connectivity index (χ4n) is 4.75. The Morgan fingerprint density at radius 2 is 1.50 bits per heavy atom. The molecule has 4 nitrogen and oxygen atoms in total. The lowest BCUT2D eigenvalue weighted by Crippen LogP contribution is -2.54. The SMILES string of the molecule is CC1(C)CC(NC(=O)OC(C)(C)C)C(C)(C)CC(C)(C)CNC(C)(C)C1. The first-order valence-electron chi connectivity index (χ1n) is 10.1. The lowest BCUT2D eigenvalue weighted by Gasteiger charge is -2.48. The Kier molecular flexibility index (Phi) is 6.56. The van der Waals surface area contributed by atoms with Crippen LogP contribution in [0.3, 0.4) is 0 Å². The van der Waals surface area contributed by atoms with Gasteiger partial charge in [0.05, 0.1) is 0 Å². The van der Waals surface area contributed by atoms with Crippen molar-refractivity contribution in [1.29, 1.82) is 0 Å². The fraction of sp³-hybridized carbons (Fsp3) is 0.955. The van der Waals surface area contributed by atoms with Crippen LogP contribution in [0.4, 0.5) is 4.79 Å². The maximum absolute atomic E-state index is 12.5. The van der Waals surface area contributed by atoms with Gasteiger partial charge in [-0.3, -0.25) is 0 Å². The van der Waals surface area contributed by atoms with Crippen LogP contribution in [0.1, 0.15) is 95.4 Å². The van der Waals surface area contributed by atoms with Gasteiger partial charge in [-0.15, -0.1) is 0 Å². The number of ether oxygens (including phenoxy) is 1. The van der Waals surface area contributed by atoms with Crippen LogP contribution >= 0.6 is 0 Å². The predicted molar refractivity (Wildman–Crippen MR) is 110 cm³/mol. The van der Waals surface area contributed by atoms with E-state index in [1.807, 2.05) is 20.8 Å². The number of alkyl carbamates (subject to hydrolysis) is 1. The standard InChI is InChI=1S/C22H44N2O2/c1-18(2,3)26-17(25)24-16-12-19(4,5)14-22(10,11)23-15-20(6,7)13-21(16,8)9/h16,23H,12-15H2,1-11H3,(H,24,25). The Bertz CT molecular complexity index is 499. The van der Waals surface area contributed by atoms with E-state index in [0.29, 0.717) is 0 Å². The first kappa shape index (κ1) is 23.3. The van der Waals surface area contributed by atoms with Gasteiger partial charge in [-0.1, -0.05) is 41.5 Å². The van der Waals surface area contributed by atoms with Crippen LogP contribution in [0.25, 0.3) is 0 Å². The van der Waals surface area contributed by atoms with Crippen molar-refractivity contribution in [3.05, 3.63) is 0 Å². The molecule has 1 heterocycles. The Balaban J connectivity index is 3.14. The second-order valence-corrected chi connectivity index (χ2v) is 12.3. The van der Waals surface area contributed by atoms with Gasteiger partial charge in [-0.05, 0) is 70.1 Å². The summed E-state index contributed by atoms with van der Waals surface area (Å²) in [7, 11) is 0. The monoisotopic (exact) mass is 368 g/mol. The molecule has 1 saturated heterocycles. The number of rotatable bonds is 1. The van der Waals surface area contributed by atoms with Crippen LogP contribution in [0.5, 0.6) is 0 Å². The molecule has 0 aromatic carbocycles. The van der Waals surface area contributed by atoms with E-state index in [1.165, 1.54) is 0 Å². The molecule has 4 heteroatoms. The minimum absolute atomic E-state index is 0.0269. The van der Waals surface area contributed by atoms with E-state index in [9.17, 15) is 4.79 Å². The summed E-state index contributed by atoms with van der Waals surface area (Å²) in [6.07, 6.45) is 2.71. The van der Waals surface area contributed by atoms with Crippen molar-refractivity contribution in [1.82, 2.24) is 10.6 Å². The van der Waals surface area contributed by atoms with Gasteiger partial charge in [0.25, 0.3) is 0 Å². The van der Waals surface area contributed by atoms with Crippen molar-refractivity contribution >= 4 is 6.09 Å². The molecule has 0 bridgehead atoms. The van der Waals surface area contributed by atoms with Crippen molar-refractivity contribution in [2.45, 2.75) is 113 Å². The molecule has 0 spiro atoms. The zero-order valence-corrected chi connectivity index (χ0v) is 19.2. The number of amides is 1. The molecule has 0 aromatic heterocycles. The average Bonchev–Trinajstić information content (AvgIpc) is 2.29. The summed E-state index contributed by atoms with van der Waals surface area (Å²) in [5, 5.41) is 7.01. The molecular formula is C22H44N2O2. The molecule has 1 aliphatic rings. The molecule has 1 atom stereocenters. The third-order valence-electron chi connectivity index (χ3n) is 5.29. The summed E-state index contributed by atoms with van der Waals surface area (Å²) in [6.45, 7) is 25.1. The van der Waals surface area contributed by atoms with Crippen LogP contribution in [0.2, 0.25) is 0 Å². The Morgan fingerprint density at radius 1 is 0.962 bits per heavy atom. The van der Waals surface area contributed by atoms with Gasteiger partial charge >= 0.3 is 6.09 Å². The van der Waals surface area contributed by atoms with Gasteiger partial charge in [0.15, 0.2) is 0 Å². The molecule has 2 N–H and O–H groups in total. The zero-order chi connectivity index (χ0) is 20.6. The van der Waals surface area contributed by atoms with Crippen molar-refractivity contribution in [2.75, 3.05) is 6.54 Å². The van der Waals surface area contributed by atoms with E-state index < -0.39 is 5.60 Å². The molecule has 1 amide bonds. The lowest BCUT2D eigenvalue weighted by atomic mass is 9.64. The van der Waals surface area contributed by atoms with Gasteiger partial charge in [0.1, 0.15) is 5.60 Å². The number of nitrogens with one attached hydrogen (secondary N) is 2. The molecule has 0 aromatic rings. The Hall–Kier alpha value is -0.770.